The molecule has 1 aliphatic rings. The minimum absolute atomic E-state index is 0.0229. The fourth-order valence-corrected chi connectivity index (χ4v) is 3.47. The van der Waals surface area contributed by atoms with Crippen LogP contribution < -0.4 is 0 Å². The number of hydrogen-bond donors (Lipinski definition) is 0. The van der Waals surface area contributed by atoms with Crippen LogP contribution in [0.5, 0.6) is 0 Å². The quantitative estimate of drug-likeness (QED) is 0.643. The maximum absolute atomic E-state index is 12.6. The molecular formula is C21H24O2. The molecule has 0 bridgehead atoms. The first-order valence-corrected chi connectivity index (χ1v) is 8.65. The zero-order valence-electron chi connectivity index (χ0n) is 13.9. The lowest BCUT2D eigenvalue weighted by Gasteiger charge is -2.24. The monoisotopic (exact) mass is 308 g/mol. The van der Waals surface area contributed by atoms with E-state index in [0.29, 0.717) is 0 Å². The Balaban J connectivity index is 1.87. The molecule has 0 fully saturated rings. The molecule has 0 aromatic heterocycles. The van der Waals surface area contributed by atoms with Crippen molar-refractivity contribution in [1.82, 2.24) is 0 Å². The van der Waals surface area contributed by atoms with Gasteiger partial charge in [-0.1, -0.05) is 69.2 Å². The van der Waals surface area contributed by atoms with E-state index in [4.69, 9.17) is 4.74 Å². The molecule has 2 nitrogen and oxygen atoms in total. The van der Waals surface area contributed by atoms with Crippen LogP contribution in [0.25, 0.3) is 16.8 Å². The lowest BCUT2D eigenvalue weighted by Crippen LogP contribution is -2.20. The molecule has 0 saturated heterocycles. The number of ether oxygens (including phenoxy) is 1. The third-order valence-electron chi connectivity index (χ3n) is 4.58. The van der Waals surface area contributed by atoms with E-state index in [-0.39, 0.29) is 18.0 Å². The van der Waals surface area contributed by atoms with Crippen LogP contribution in [0.3, 0.4) is 0 Å². The number of hydrogen-bond acceptors (Lipinski definition) is 2. The van der Waals surface area contributed by atoms with Crippen LogP contribution >= 0.6 is 0 Å². The zero-order chi connectivity index (χ0) is 16.2. The fraction of sp³-hybridized carbons (Fsp3) is 0.381. The van der Waals surface area contributed by atoms with Gasteiger partial charge in [-0.3, -0.25) is 4.79 Å². The van der Waals surface area contributed by atoms with E-state index >= 15 is 0 Å². The third-order valence-corrected chi connectivity index (χ3v) is 4.58. The van der Waals surface area contributed by atoms with Crippen LogP contribution in [0, 0.1) is 5.92 Å². The van der Waals surface area contributed by atoms with Gasteiger partial charge in [0.2, 0.25) is 0 Å². The van der Waals surface area contributed by atoms with Gasteiger partial charge < -0.3 is 4.74 Å². The zero-order valence-corrected chi connectivity index (χ0v) is 13.9. The molecule has 1 atom stereocenters. The average molecular weight is 308 g/mol. The normalized spacial score (nSPS) is 16.0. The molecule has 3 rings (SSSR count). The summed E-state index contributed by atoms with van der Waals surface area (Å²) in [5.74, 6) is -0.0329. The van der Waals surface area contributed by atoms with Crippen LogP contribution in [-0.4, -0.2) is 5.97 Å². The van der Waals surface area contributed by atoms with E-state index in [2.05, 4.69) is 50.3 Å². The van der Waals surface area contributed by atoms with Crippen LogP contribution in [0.1, 0.15) is 56.8 Å². The summed E-state index contributed by atoms with van der Waals surface area (Å²) >= 11 is 0. The standard InChI is InChI=1S/C21H24O2/c1-3-7-17(8-4-2)21(22)23-19-14-13-16-10-5-9-15-11-6-12-18(19)20(15)16/h5-6,9-14,17,19H,3-4,7-8H2,1-2H3. The van der Waals surface area contributed by atoms with Crippen molar-refractivity contribution in [3.8, 4) is 0 Å². The third kappa shape index (κ3) is 3.17. The van der Waals surface area contributed by atoms with Gasteiger partial charge in [0.15, 0.2) is 0 Å². The van der Waals surface area contributed by atoms with E-state index in [1.165, 1.54) is 16.3 Å². The van der Waals surface area contributed by atoms with Crippen molar-refractivity contribution in [2.45, 2.75) is 45.6 Å². The second-order valence-corrected chi connectivity index (χ2v) is 6.28. The molecular weight excluding hydrogens is 284 g/mol. The van der Waals surface area contributed by atoms with Crippen molar-refractivity contribution in [1.29, 1.82) is 0 Å². The first-order chi connectivity index (χ1) is 11.2. The number of carbonyl (C=O) groups excluding carboxylic acids is 1. The molecule has 1 aliphatic carbocycles. The predicted octanol–water partition coefficient (Wildman–Crippen LogP) is 5.67. The number of carbonyl (C=O) groups is 1. The molecule has 1 unspecified atom stereocenters. The van der Waals surface area contributed by atoms with E-state index in [1.54, 1.807) is 0 Å². The molecule has 2 aromatic carbocycles. The molecule has 0 heterocycles. The Bertz CT molecular complexity index is 718. The lowest BCUT2D eigenvalue weighted by atomic mass is 9.91. The van der Waals surface area contributed by atoms with Gasteiger partial charge in [-0.05, 0) is 35.3 Å². The first kappa shape index (κ1) is 15.8. The SMILES string of the molecule is CCCC(CCC)C(=O)OC1C=Cc2cccc3cccc1c23. The Morgan fingerprint density at radius 1 is 1.09 bits per heavy atom. The highest BCUT2D eigenvalue weighted by atomic mass is 16.5. The molecule has 23 heavy (non-hydrogen) atoms. The minimum atomic E-state index is -0.266. The Morgan fingerprint density at radius 2 is 1.78 bits per heavy atom. The van der Waals surface area contributed by atoms with Crippen LogP contribution in [0.15, 0.2) is 42.5 Å². The van der Waals surface area contributed by atoms with E-state index in [9.17, 15) is 4.79 Å². The summed E-state index contributed by atoms with van der Waals surface area (Å²) in [6.07, 6.45) is 7.65. The highest BCUT2D eigenvalue weighted by Gasteiger charge is 2.25. The van der Waals surface area contributed by atoms with Crippen molar-refractivity contribution in [2.75, 3.05) is 0 Å². The van der Waals surface area contributed by atoms with Gasteiger partial charge in [-0.2, -0.15) is 0 Å². The smallest absolute Gasteiger partial charge is 0.309 e. The Labute approximate surface area is 138 Å². The molecule has 0 radical (unpaired) electrons. The van der Waals surface area contributed by atoms with Gasteiger partial charge in [-0.25, -0.2) is 0 Å². The Hall–Kier alpha value is -2.09. The fourth-order valence-electron chi connectivity index (χ4n) is 3.47. The second kappa shape index (κ2) is 6.99. The highest BCUT2D eigenvalue weighted by Crippen LogP contribution is 2.36. The molecule has 120 valence electrons. The van der Waals surface area contributed by atoms with Crippen molar-refractivity contribution >= 4 is 22.8 Å². The highest BCUT2D eigenvalue weighted by molar-refractivity contribution is 5.95. The van der Waals surface area contributed by atoms with Crippen molar-refractivity contribution in [3.05, 3.63) is 53.6 Å². The number of esters is 1. The summed E-state index contributed by atoms with van der Waals surface area (Å²) in [6, 6.07) is 12.5. The molecule has 0 amide bonds. The van der Waals surface area contributed by atoms with Crippen molar-refractivity contribution in [3.63, 3.8) is 0 Å². The molecule has 2 heteroatoms. The summed E-state index contributed by atoms with van der Waals surface area (Å²) in [5, 5.41) is 2.40. The van der Waals surface area contributed by atoms with Gasteiger partial charge in [-0.15, -0.1) is 0 Å². The van der Waals surface area contributed by atoms with Gasteiger partial charge in [0.1, 0.15) is 6.10 Å². The van der Waals surface area contributed by atoms with Gasteiger partial charge in [0, 0.05) is 5.56 Å². The van der Waals surface area contributed by atoms with Gasteiger partial charge in [0.25, 0.3) is 0 Å². The molecule has 2 aromatic rings. The van der Waals surface area contributed by atoms with Gasteiger partial charge in [0.05, 0.1) is 5.92 Å². The first-order valence-electron chi connectivity index (χ1n) is 8.65. The summed E-state index contributed by atoms with van der Waals surface area (Å²) in [4.78, 5) is 12.6. The van der Waals surface area contributed by atoms with E-state index < -0.39 is 0 Å². The average Bonchev–Trinajstić information content (AvgIpc) is 2.57. The lowest BCUT2D eigenvalue weighted by molar-refractivity contribution is -0.152. The second-order valence-electron chi connectivity index (χ2n) is 6.28. The van der Waals surface area contributed by atoms with Crippen LogP contribution in [-0.2, 0) is 9.53 Å². The topological polar surface area (TPSA) is 26.3 Å². The molecule has 0 aliphatic heterocycles. The van der Waals surface area contributed by atoms with Gasteiger partial charge >= 0.3 is 5.97 Å². The summed E-state index contributed by atoms with van der Waals surface area (Å²) in [7, 11) is 0. The van der Waals surface area contributed by atoms with Crippen LogP contribution in [0.4, 0.5) is 0 Å². The Kier molecular flexibility index (Phi) is 4.80. The maximum Gasteiger partial charge on any atom is 0.309 e. The minimum Gasteiger partial charge on any atom is -0.453 e. The van der Waals surface area contributed by atoms with Crippen LogP contribution in [0.2, 0.25) is 0 Å². The maximum atomic E-state index is 12.6. The van der Waals surface area contributed by atoms with Crippen molar-refractivity contribution < 1.29 is 9.53 Å². The predicted molar refractivity (Wildman–Crippen MR) is 95.1 cm³/mol. The summed E-state index contributed by atoms with van der Waals surface area (Å²) < 4.78 is 5.88. The van der Waals surface area contributed by atoms with E-state index in [1.807, 2.05) is 12.1 Å². The summed E-state index contributed by atoms with van der Waals surface area (Å²) in [5.41, 5.74) is 2.30. The largest absolute Gasteiger partial charge is 0.453 e. The molecule has 0 spiro atoms. The van der Waals surface area contributed by atoms with E-state index in [0.717, 1.165) is 31.2 Å². The molecule has 0 N–H and O–H groups in total. The number of benzene rings is 2. The Morgan fingerprint density at radius 3 is 2.48 bits per heavy atom. The number of rotatable bonds is 6. The molecule has 0 saturated carbocycles. The van der Waals surface area contributed by atoms with Crippen molar-refractivity contribution in [2.24, 2.45) is 5.92 Å². The summed E-state index contributed by atoms with van der Waals surface area (Å²) in [6.45, 7) is 4.24.